The van der Waals surface area contributed by atoms with Crippen molar-refractivity contribution < 1.29 is 23.1 Å². The first-order valence-corrected chi connectivity index (χ1v) is 12.1. The van der Waals surface area contributed by atoms with Crippen molar-refractivity contribution in [2.24, 2.45) is 14.1 Å². The van der Waals surface area contributed by atoms with Crippen LogP contribution in [-0.4, -0.2) is 55.3 Å². The molecule has 2 heterocycles. The minimum atomic E-state index is -4.59. The minimum Gasteiger partial charge on any atom is -0.395 e. The van der Waals surface area contributed by atoms with Gasteiger partial charge in [-0.3, -0.25) is 23.7 Å². The van der Waals surface area contributed by atoms with Crippen LogP contribution in [0, 0.1) is 6.92 Å². The molecule has 0 saturated carbocycles. The lowest BCUT2D eigenvalue weighted by Crippen LogP contribution is -2.22. The zero-order valence-electron chi connectivity index (χ0n) is 21.3. The third-order valence-corrected chi connectivity index (χ3v) is 6.71. The lowest BCUT2D eigenvalue weighted by Gasteiger charge is -2.24. The molecule has 0 fully saturated rings. The summed E-state index contributed by atoms with van der Waals surface area (Å²) >= 11 is 6.44. The number of nitrogens with one attached hydrogen (secondary N) is 1. The molecule has 0 unspecified atom stereocenters. The first kappa shape index (κ1) is 27.5. The van der Waals surface area contributed by atoms with Crippen LogP contribution in [0.25, 0.3) is 16.9 Å². The van der Waals surface area contributed by atoms with Crippen LogP contribution in [0.3, 0.4) is 0 Å². The topological polar surface area (TPSA) is 80.2 Å². The standard InChI is InChI=1S/C26H28ClF3N6O2/c1-16-21(13-31-34(16)3)24-15-36(35(24)4)23-11-18(5-6-22(23)27)25(38)32-20-10-17(14-33(2)7-8-37)9-19(12-20)26(28,29)30/h5-6,9-13,15,37H,7-8,14H2,1-4H3,(H,32,38). The van der Waals surface area contributed by atoms with Crippen LogP contribution in [0.4, 0.5) is 18.9 Å². The van der Waals surface area contributed by atoms with Crippen LogP contribution in [0.1, 0.15) is 27.2 Å². The van der Waals surface area contributed by atoms with E-state index < -0.39 is 17.6 Å². The van der Waals surface area contributed by atoms with Crippen molar-refractivity contribution in [3.63, 3.8) is 0 Å². The molecule has 2 N–H and O–H groups in total. The predicted octanol–water partition coefficient (Wildman–Crippen LogP) is 4.87. The Balaban J connectivity index is 1.61. The summed E-state index contributed by atoms with van der Waals surface area (Å²) < 4.78 is 46.0. The van der Waals surface area contributed by atoms with Gasteiger partial charge in [0.05, 0.1) is 41.0 Å². The van der Waals surface area contributed by atoms with Crippen LogP contribution >= 0.6 is 11.6 Å². The minimum absolute atomic E-state index is 0.0176. The summed E-state index contributed by atoms with van der Waals surface area (Å²) in [6.45, 7) is 2.31. The lowest BCUT2D eigenvalue weighted by molar-refractivity contribution is -0.137. The maximum absolute atomic E-state index is 13.5. The molecular weight excluding hydrogens is 521 g/mol. The lowest BCUT2D eigenvalue weighted by atomic mass is 10.1. The molecule has 2 aromatic heterocycles. The third kappa shape index (κ3) is 5.64. The number of hydrogen-bond acceptors (Lipinski definition) is 4. The second-order valence-electron chi connectivity index (χ2n) is 9.15. The van der Waals surface area contributed by atoms with Crippen molar-refractivity contribution in [2.45, 2.75) is 19.6 Å². The number of rotatable bonds is 8. The molecule has 0 saturated heterocycles. The number of amides is 1. The van der Waals surface area contributed by atoms with Gasteiger partial charge in [0.1, 0.15) is 0 Å². The average Bonchev–Trinajstić information content (AvgIpc) is 3.16. The molecule has 4 aromatic rings. The van der Waals surface area contributed by atoms with E-state index in [1.165, 1.54) is 12.1 Å². The molecule has 0 aliphatic carbocycles. The highest BCUT2D eigenvalue weighted by Gasteiger charge is 2.31. The fraction of sp³-hybridized carbons (Fsp3) is 0.308. The Kier molecular flexibility index (Phi) is 7.73. The molecule has 202 valence electrons. The summed E-state index contributed by atoms with van der Waals surface area (Å²) in [7, 11) is 5.39. The number of carbonyl (C=O) groups is 1. The SMILES string of the molecule is Cc1c(-c2cn(-c3cc(C(=O)Nc4cc(CN(C)CCO)cc(C(F)(F)F)c4)ccc3Cl)n2C)cnn1C. The maximum Gasteiger partial charge on any atom is 0.416 e. The van der Waals surface area contributed by atoms with Gasteiger partial charge in [-0.2, -0.15) is 18.3 Å². The zero-order valence-corrected chi connectivity index (χ0v) is 22.1. The summed E-state index contributed by atoms with van der Waals surface area (Å²) in [5.74, 6) is -0.576. The van der Waals surface area contributed by atoms with Crippen LogP contribution in [0.2, 0.25) is 5.02 Å². The van der Waals surface area contributed by atoms with Crippen molar-refractivity contribution in [2.75, 3.05) is 25.5 Å². The third-order valence-electron chi connectivity index (χ3n) is 6.39. The number of nitrogens with zero attached hydrogens (tertiary/aromatic N) is 5. The average molecular weight is 549 g/mol. The quantitative estimate of drug-likeness (QED) is 0.329. The Morgan fingerprint density at radius 3 is 2.53 bits per heavy atom. The normalized spacial score (nSPS) is 11.9. The van der Waals surface area contributed by atoms with Gasteiger partial charge < -0.3 is 10.4 Å². The molecule has 12 heteroatoms. The van der Waals surface area contributed by atoms with E-state index in [4.69, 9.17) is 16.7 Å². The number of hydrogen-bond donors (Lipinski definition) is 2. The monoisotopic (exact) mass is 548 g/mol. The number of aliphatic hydroxyl groups is 1. The molecule has 0 bridgehead atoms. The van der Waals surface area contributed by atoms with Gasteiger partial charge >= 0.3 is 6.18 Å². The molecular formula is C26H28ClF3N6O2. The van der Waals surface area contributed by atoms with Crippen LogP contribution in [0.5, 0.6) is 0 Å². The van der Waals surface area contributed by atoms with Gasteiger partial charge in [0, 0.05) is 49.7 Å². The number of aromatic nitrogens is 4. The fourth-order valence-electron chi connectivity index (χ4n) is 4.18. The van der Waals surface area contributed by atoms with Crippen molar-refractivity contribution in [1.29, 1.82) is 0 Å². The molecule has 0 aliphatic heterocycles. The number of benzene rings is 2. The first-order valence-electron chi connectivity index (χ1n) is 11.7. The van der Waals surface area contributed by atoms with E-state index in [0.717, 1.165) is 29.1 Å². The van der Waals surface area contributed by atoms with Crippen LogP contribution in [0.15, 0.2) is 48.8 Å². The molecule has 8 nitrogen and oxygen atoms in total. The van der Waals surface area contributed by atoms with Gasteiger partial charge in [-0.15, -0.1) is 0 Å². The van der Waals surface area contributed by atoms with Gasteiger partial charge in [0.25, 0.3) is 5.91 Å². The fourth-order valence-corrected chi connectivity index (χ4v) is 4.39. The summed E-state index contributed by atoms with van der Waals surface area (Å²) in [6.07, 6.45) is -0.947. The van der Waals surface area contributed by atoms with E-state index in [2.05, 4.69) is 10.4 Å². The van der Waals surface area contributed by atoms with Gasteiger partial charge in [-0.05, 0) is 55.9 Å². The molecule has 0 radical (unpaired) electrons. The largest absolute Gasteiger partial charge is 0.416 e. The number of aliphatic hydroxyl groups excluding tert-OH is 1. The van der Waals surface area contributed by atoms with E-state index in [-0.39, 0.29) is 24.4 Å². The van der Waals surface area contributed by atoms with Crippen molar-refractivity contribution >= 4 is 23.2 Å². The first-order chi connectivity index (χ1) is 17.9. The molecule has 1 amide bonds. The smallest absolute Gasteiger partial charge is 0.395 e. The number of halogens is 4. The maximum atomic E-state index is 13.5. The van der Waals surface area contributed by atoms with Gasteiger partial charge in [-0.25, -0.2) is 0 Å². The highest BCUT2D eigenvalue weighted by Crippen LogP contribution is 2.33. The number of aryl methyl sites for hydroxylation is 1. The Morgan fingerprint density at radius 2 is 1.92 bits per heavy atom. The Labute approximate surface area is 222 Å². The molecule has 2 aromatic carbocycles. The summed E-state index contributed by atoms with van der Waals surface area (Å²) in [6, 6.07) is 8.10. The zero-order chi connectivity index (χ0) is 27.8. The molecule has 0 atom stereocenters. The molecule has 0 aliphatic rings. The van der Waals surface area contributed by atoms with Crippen LogP contribution in [-0.2, 0) is 26.8 Å². The van der Waals surface area contributed by atoms with Crippen molar-refractivity contribution in [3.05, 3.63) is 76.2 Å². The van der Waals surface area contributed by atoms with Gasteiger partial charge in [0.2, 0.25) is 0 Å². The number of alkyl halides is 3. The number of likely N-dealkylation sites (N-methyl/N-ethyl adjacent to an activating group) is 1. The Morgan fingerprint density at radius 1 is 1.18 bits per heavy atom. The second kappa shape index (κ2) is 10.7. The van der Waals surface area contributed by atoms with Crippen LogP contribution < -0.4 is 5.32 Å². The molecule has 4 rings (SSSR count). The number of carbonyl (C=O) groups excluding carboxylic acids is 1. The highest BCUT2D eigenvalue weighted by atomic mass is 35.5. The second-order valence-corrected chi connectivity index (χ2v) is 9.56. The van der Waals surface area contributed by atoms with E-state index in [1.54, 1.807) is 39.6 Å². The Hall–Kier alpha value is -3.54. The van der Waals surface area contributed by atoms with E-state index in [1.807, 2.05) is 31.9 Å². The van der Waals surface area contributed by atoms with Gasteiger partial charge in [-0.1, -0.05) is 11.6 Å². The van der Waals surface area contributed by atoms with E-state index >= 15 is 0 Å². The predicted molar refractivity (Wildman–Crippen MR) is 140 cm³/mol. The molecule has 38 heavy (non-hydrogen) atoms. The van der Waals surface area contributed by atoms with E-state index in [9.17, 15) is 18.0 Å². The summed E-state index contributed by atoms with van der Waals surface area (Å²) in [5.41, 5.74) is 3.15. The van der Waals surface area contributed by atoms with Gasteiger partial charge in [0.15, 0.2) is 0 Å². The van der Waals surface area contributed by atoms with E-state index in [0.29, 0.717) is 22.8 Å². The highest BCUT2D eigenvalue weighted by molar-refractivity contribution is 6.32. The molecule has 0 spiro atoms. The summed E-state index contributed by atoms with van der Waals surface area (Å²) in [5, 5.41) is 16.4. The van der Waals surface area contributed by atoms with Crippen molar-refractivity contribution in [1.82, 2.24) is 24.0 Å². The Bertz CT molecular complexity index is 1470. The summed E-state index contributed by atoms with van der Waals surface area (Å²) in [4.78, 5) is 14.8. The van der Waals surface area contributed by atoms with Crippen molar-refractivity contribution in [3.8, 4) is 16.9 Å². The number of anilines is 1.